The third kappa shape index (κ3) is 3.67. The number of hydrogen-bond donors (Lipinski definition) is 1. The zero-order chi connectivity index (χ0) is 13.8. The molecule has 1 saturated heterocycles. The van der Waals surface area contributed by atoms with Crippen LogP contribution in [0.1, 0.15) is 25.8 Å². The van der Waals surface area contributed by atoms with Crippen molar-refractivity contribution in [3.8, 4) is 5.75 Å². The fourth-order valence-electron chi connectivity index (χ4n) is 2.54. The van der Waals surface area contributed by atoms with Gasteiger partial charge in [-0.2, -0.15) is 0 Å². The van der Waals surface area contributed by atoms with Crippen LogP contribution in [-0.4, -0.2) is 47.1 Å². The van der Waals surface area contributed by atoms with Crippen LogP contribution in [0.3, 0.4) is 0 Å². The second kappa shape index (κ2) is 6.35. The second-order valence-electron chi connectivity index (χ2n) is 5.34. The Morgan fingerprint density at radius 1 is 1.26 bits per heavy atom. The standard InChI is InChI=1S/C15H23FN2O/c1-3-12(2)18-8-6-17(7-9-18)11-13-10-14(16)4-5-15(13)19/h4-5,10,12,19H,3,6-9,11H2,1-2H3. The minimum absolute atomic E-state index is 0.186. The number of phenols is 1. The molecule has 106 valence electrons. The van der Waals surface area contributed by atoms with E-state index in [1.165, 1.54) is 24.6 Å². The van der Waals surface area contributed by atoms with Crippen molar-refractivity contribution >= 4 is 0 Å². The largest absolute Gasteiger partial charge is 0.508 e. The van der Waals surface area contributed by atoms with Gasteiger partial charge in [-0.1, -0.05) is 6.92 Å². The lowest BCUT2D eigenvalue weighted by Gasteiger charge is -2.37. The maximum atomic E-state index is 13.2. The highest BCUT2D eigenvalue weighted by atomic mass is 19.1. The van der Waals surface area contributed by atoms with Gasteiger partial charge >= 0.3 is 0 Å². The molecule has 0 saturated carbocycles. The van der Waals surface area contributed by atoms with Crippen LogP contribution in [0.5, 0.6) is 5.75 Å². The molecule has 0 aliphatic carbocycles. The van der Waals surface area contributed by atoms with Crippen LogP contribution in [-0.2, 0) is 6.54 Å². The number of aromatic hydroxyl groups is 1. The van der Waals surface area contributed by atoms with E-state index in [4.69, 9.17) is 0 Å². The number of piperazine rings is 1. The van der Waals surface area contributed by atoms with Crippen molar-refractivity contribution in [2.75, 3.05) is 26.2 Å². The van der Waals surface area contributed by atoms with Crippen molar-refractivity contribution < 1.29 is 9.50 Å². The van der Waals surface area contributed by atoms with Crippen LogP contribution in [0, 0.1) is 5.82 Å². The van der Waals surface area contributed by atoms with E-state index < -0.39 is 0 Å². The van der Waals surface area contributed by atoms with Crippen molar-refractivity contribution in [2.24, 2.45) is 0 Å². The van der Waals surface area contributed by atoms with Crippen molar-refractivity contribution in [1.82, 2.24) is 9.80 Å². The number of rotatable bonds is 4. The van der Waals surface area contributed by atoms with Crippen molar-refractivity contribution in [3.63, 3.8) is 0 Å². The summed E-state index contributed by atoms with van der Waals surface area (Å²) in [5.74, 6) is -0.100. The number of halogens is 1. The SMILES string of the molecule is CCC(C)N1CCN(Cc2cc(F)ccc2O)CC1. The van der Waals surface area contributed by atoms with E-state index >= 15 is 0 Å². The summed E-state index contributed by atoms with van der Waals surface area (Å²) in [5, 5.41) is 9.74. The third-order valence-electron chi connectivity index (χ3n) is 4.06. The number of phenolic OH excluding ortho intramolecular Hbond substituents is 1. The molecule has 0 amide bonds. The second-order valence-corrected chi connectivity index (χ2v) is 5.34. The highest BCUT2D eigenvalue weighted by molar-refractivity contribution is 5.32. The molecule has 0 radical (unpaired) electrons. The molecule has 19 heavy (non-hydrogen) atoms. The summed E-state index contributed by atoms with van der Waals surface area (Å²) < 4.78 is 13.2. The van der Waals surface area contributed by atoms with Gasteiger partial charge in [0.1, 0.15) is 11.6 Å². The van der Waals surface area contributed by atoms with Crippen LogP contribution in [0.25, 0.3) is 0 Å². The van der Waals surface area contributed by atoms with Crippen molar-refractivity contribution in [1.29, 1.82) is 0 Å². The summed E-state index contributed by atoms with van der Waals surface area (Å²) in [4.78, 5) is 4.76. The van der Waals surface area contributed by atoms with Crippen LogP contribution in [0.4, 0.5) is 4.39 Å². The number of nitrogens with zero attached hydrogens (tertiary/aromatic N) is 2. The molecule has 0 bridgehead atoms. The van der Waals surface area contributed by atoms with Crippen LogP contribution >= 0.6 is 0 Å². The van der Waals surface area contributed by atoms with E-state index in [9.17, 15) is 9.50 Å². The summed E-state index contributed by atoms with van der Waals surface area (Å²) in [6, 6.07) is 4.78. The van der Waals surface area contributed by atoms with Crippen LogP contribution in [0.15, 0.2) is 18.2 Å². The molecule has 1 fully saturated rings. The summed E-state index contributed by atoms with van der Waals surface area (Å²) >= 11 is 0. The first-order chi connectivity index (χ1) is 9.10. The van der Waals surface area contributed by atoms with Gasteiger partial charge in [-0.15, -0.1) is 0 Å². The Morgan fingerprint density at radius 3 is 2.58 bits per heavy atom. The molecule has 1 heterocycles. The molecule has 0 spiro atoms. The monoisotopic (exact) mass is 266 g/mol. The van der Waals surface area contributed by atoms with Gasteiger partial charge in [0.25, 0.3) is 0 Å². The van der Waals surface area contributed by atoms with E-state index in [1.807, 2.05) is 0 Å². The molecular formula is C15H23FN2O. The van der Waals surface area contributed by atoms with Gasteiger partial charge in [-0.3, -0.25) is 9.80 Å². The Labute approximate surface area is 114 Å². The Balaban J connectivity index is 1.90. The van der Waals surface area contributed by atoms with E-state index in [0.29, 0.717) is 18.2 Å². The number of benzene rings is 1. The summed E-state index contributed by atoms with van der Waals surface area (Å²) in [6.45, 7) is 9.13. The zero-order valence-corrected chi connectivity index (χ0v) is 11.8. The van der Waals surface area contributed by atoms with Crippen molar-refractivity contribution in [2.45, 2.75) is 32.9 Å². The van der Waals surface area contributed by atoms with Gasteiger partial charge in [-0.05, 0) is 31.5 Å². The molecule has 4 heteroatoms. The van der Waals surface area contributed by atoms with Crippen LogP contribution in [0.2, 0.25) is 0 Å². The Morgan fingerprint density at radius 2 is 1.95 bits per heavy atom. The van der Waals surface area contributed by atoms with Gasteiger partial charge < -0.3 is 5.11 Å². The molecule has 1 aromatic rings. The lowest BCUT2D eigenvalue weighted by molar-refractivity contribution is 0.0958. The summed E-state index contributed by atoms with van der Waals surface area (Å²) in [5.41, 5.74) is 0.678. The third-order valence-corrected chi connectivity index (χ3v) is 4.06. The highest BCUT2D eigenvalue weighted by Gasteiger charge is 2.20. The molecule has 1 aliphatic rings. The first-order valence-corrected chi connectivity index (χ1v) is 7.04. The maximum absolute atomic E-state index is 13.2. The predicted molar refractivity (Wildman–Crippen MR) is 74.7 cm³/mol. The minimum atomic E-state index is -0.286. The average molecular weight is 266 g/mol. The molecule has 1 aromatic carbocycles. The fraction of sp³-hybridized carbons (Fsp3) is 0.600. The molecule has 1 unspecified atom stereocenters. The lowest BCUT2D eigenvalue weighted by Crippen LogP contribution is -2.48. The summed E-state index contributed by atoms with van der Waals surface area (Å²) in [6.07, 6.45) is 1.17. The van der Waals surface area contributed by atoms with Crippen molar-refractivity contribution in [3.05, 3.63) is 29.6 Å². The Hall–Kier alpha value is -1.13. The van der Waals surface area contributed by atoms with Crippen LogP contribution < -0.4 is 0 Å². The van der Waals surface area contributed by atoms with E-state index in [-0.39, 0.29) is 11.6 Å². The summed E-state index contributed by atoms with van der Waals surface area (Å²) in [7, 11) is 0. The topological polar surface area (TPSA) is 26.7 Å². The van der Waals surface area contributed by atoms with E-state index in [0.717, 1.165) is 26.2 Å². The molecule has 3 nitrogen and oxygen atoms in total. The molecule has 1 aliphatic heterocycles. The smallest absolute Gasteiger partial charge is 0.123 e. The highest BCUT2D eigenvalue weighted by Crippen LogP contribution is 2.20. The van der Waals surface area contributed by atoms with Gasteiger partial charge in [0, 0.05) is 44.3 Å². The quantitative estimate of drug-likeness (QED) is 0.907. The fourth-order valence-corrected chi connectivity index (χ4v) is 2.54. The maximum Gasteiger partial charge on any atom is 0.123 e. The van der Waals surface area contributed by atoms with Gasteiger partial charge in [0.15, 0.2) is 0 Å². The molecular weight excluding hydrogens is 243 g/mol. The molecule has 1 atom stereocenters. The van der Waals surface area contributed by atoms with E-state index in [1.54, 1.807) is 0 Å². The van der Waals surface area contributed by atoms with Gasteiger partial charge in [0.2, 0.25) is 0 Å². The first-order valence-electron chi connectivity index (χ1n) is 7.04. The number of hydrogen-bond acceptors (Lipinski definition) is 3. The predicted octanol–water partition coefficient (Wildman–Crippen LogP) is 2.45. The zero-order valence-electron chi connectivity index (χ0n) is 11.8. The Bertz CT molecular complexity index is 417. The Kier molecular flexibility index (Phi) is 4.77. The normalized spacial score (nSPS) is 19.5. The van der Waals surface area contributed by atoms with E-state index in [2.05, 4.69) is 23.6 Å². The van der Waals surface area contributed by atoms with Gasteiger partial charge in [0.05, 0.1) is 0 Å². The molecule has 2 rings (SSSR count). The van der Waals surface area contributed by atoms with Gasteiger partial charge in [-0.25, -0.2) is 4.39 Å². The average Bonchev–Trinajstić information content (AvgIpc) is 2.43. The molecule has 1 N–H and O–H groups in total. The lowest BCUT2D eigenvalue weighted by atomic mass is 10.1. The molecule has 0 aromatic heterocycles. The minimum Gasteiger partial charge on any atom is -0.508 e. The first kappa shape index (κ1) is 14.3.